The van der Waals surface area contributed by atoms with Crippen LogP contribution in [0.4, 0.5) is 4.39 Å². The molecule has 0 amide bonds. The molecule has 2 heteroatoms. The Hall–Kier alpha value is -1.36. The van der Waals surface area contributed by atoms with E-state index in [1.165, 1.54) is 31.7 Å². The maximum absolute atomic E-state index is 14.2. The molecule has 2 aliphatic rings. The second-order valence-corrected chi connectivity index (χ2v) is 5.94. The molecule has 2 aliphatic carbocycles. The van der Waals surface area contributed by atoms with E-state index in [0.717, 1.165) is 11.5 Å². The summed E-state index contributed by atoms with van der Waals surface area (Å²) in [6.45, 7) is 2.31. The van der Waals surface area contributed by atoms with Gasteiger partial charge in [-0.2, -0.15) is 5.26 Å². The molecule has 0 N–H and O–H groups in total. The Morgan fingerprint density at radius 3 is 2.83 bits per heavy atom. The van der Waals surface area contributed by atoms with Crippen LogP contribution in [0.3, 0.4) is 0 Å². The number of benzene rings is 1. The molecule has 0 aliphatic heterocycles. The average Bonchev–Trinajstić information content (AvgIpc) is 2.56. The molecule has 3 rings (SSSR count). The van der Waals surface area contributed by atoms with Crippen LogP contribution in [0.15, 0.2) is 18.2 Å². The molecule has 18 heavy (non-hydrogen) atoms. The fourth-order valence-corrected chi connectivity index (χ4v) is 4.23. The first kappa shape index (κ1) is 11.7. The number of hydrogen-bond acceptors (Lipinski definition) is 1. The molecule has 2 fully saturated rings. The summed E-state index contributed by atoms with van der Waals surface area (Å²) in [6.07, 6.45) is 5.02. The van der Waals surface area contributed by atoms with E-state index in [0.29, 0.717) is 23.3 Å². The van der Waals surface area contributed by atoms with Gasteiger partial charge < -0.3 is 0 Å². The number of hydrogen-bond donors (Lipinski definition) is 0. The Morgan fingerprint density at radius 1 is 1.33 bits per heavy atom. The molecule has 4 unspecified atom stereocenters. The van der Waals surface area contributed by atoms with Gasteiger partial charge in [-0.25, -0.2) is 4.39 Å². The zero-order valence-electron chi connectivity index (χ0n) is 10.7. The van der Waals surface area contributed by atoms with Crippen LogP contribution in [0.1, 0.15) is 49.7 Å². The lowest BCUT2D eigenvalue weighted by molar-refractivity contribution is 0.278. The van der Waals surface area contributed by atoms with E-state index in [2.05, 4.69) is 6.92 Å². The van der Waals surface area contributed by atoms with E-state index in [-0.39, 0.29) is 5.82 Å². The van der Waals surface area contributed by atoms with Crippen molar-refractivity contribution in [3.05, 3.63) is 35.1 Å². The Labute approximate surface area is 108 Å². The molecule has 0 radical (unpaired) electrons. The van der Waals surface area contributed by atoms with Gasteiger partial charge in [0, 0.05) is 0 Å². The molecular formula is C16H18FN. The number of fused-ring (bicyclic) bond motifs is 2. The third-order valence-corrected chi connectivity index (χ3v) is 4.98. The zero-order chi connectivity index (χ0) is 12.7. The number of nitrogens with zero attached hydrogens (tertiary/aromatic N) is 1. The highest BCUT2D eigenvalue weighted by atomic mass is 19.1. The van der Waals surface area contributed by atoms with Gasteiger partial charge in [-0.15, -0.1) is 0 Å². The van der Waals surface area contributed by atoms with Crippen LogP contribution in [0.2, 0.25) is 0 Å². The van der Waals surface area contributed by atoms with Gasteiger partial charge in [0.2, 0.25) is 0 Å². The molecule has 0 heterocycles. The van der Waals surface area contributed by atoms with Gasteiger partial charge in [0.1, 0.15) is 5.82 Å². The molecule has 0 saturated heterocycles. The molecule has 2 saturated carbocycles. The van der Waals surface area contributed by atoms with E-state index in [1.54, 1.807) is 6.07 Å². The highest BCUT2D eigenvalue weighted by Gasteiger charge is 2.44. The lowest BCUT2D eigenvalue weighted by atomic mass is 9.73. The summed E-state index contributed by atoms with van der Waals surface area (Å²) < 4.78 is 14.2. The van der Waals surface area contributed by atoms with E-state index in [9.17, 15) is 4.39 Å². The fourth-order valence-electron chi connectivity index (χ4n) is 4.23. The van der Waals surface area contributed by atoms with E-state index in [4.69, 9.17) is 5.26 Å². The number of rotatable bonds is 1. The quantitative estimate of drug-likeness (QED) is 0.723. The predicted molar refractivity (Wildman–Crippen MR) is 68.5 cm³/mol. The van der Waals surface area contributed by atoms with Crippen LogP contribution in [0, 0.1) is 34.9 Å². The predicted octanol–water partition coefficient (Wildman–Crippen LogP) is 4.24. The summed E-state index contributed by atoms with van der Waals surface area (Å²) in [4.78, 5) is 0. The summed E-state index contributed by atoms with van der Waals surface area (Å²) in [5.41, 5.74) is 1.28. The van der Waals surface area contributed by atoms with Gasteiger partial charge in [0.25, 0.3) is 0 Å². The van der Waals surface area contributed by atoms with Crippen molar-refractivity contribution < 1.29 is 4.39 Å². The second kappa shape index (κ2) is 4.39. The van der Waals surface area contributed by atoms with Crippen LogP contribution in [0.5, 0.6) is 0 Å². The standard InChI is InChI=1S/C16H18FN/c1-10-7-12-3-2-4-13(10)16(12)14-6-5-11(9-18)8-15(14)17/h5-6,8,10,12-13,16H,2-4,7H2,1H3. The largest absolute Gasteiger partial charge is 0.207 e. The Kier molecular flexibility index (Phi) is 2.86. The monoisotopic (exact) mass is 243 g/mol. The molecule has 4 atom stereocenters. The first-order valence-electron chi connectivity index (χ1n) is 6.90. The van der Waals surface area contributed by atoms with E-state index >= 15 is 0 Å². The van der Waals surface area contributed by atoms with Gasteiger partial charge in [0.15, 0.2) is 0 Å². The summed E-state index contributed by atoms with van der Waals surface area (Å²) >= 11 is 0. The first-order valence-corrected chi connectivity index (χ1v) is 6.90. The van der Waals surface area contributed by atoms with Gasteiger partial charge in [-0.05, 0) is 60.6 Å². The van der Waals surface area contributed by atoms with Crippen molar-refractivity contribution in [1.29, 1.82) is 5.26 Å². The van der Waals surface area contributed by atoms with Crippen LogP contribution in [-0.2, 0) is 0 Å². The minimum Gasteiger partial charge on any atom is -0.207 e. The normalized spacial score (nSPS) is 34.3. The summed E-state index contributed by atoms with van der Waals surface area (Å²) in [6, 6.07) is 7.01. The molecule has 1 aromatic carbocycles. The van der Waals surface area contributed by atoms with Crippen LogP contribution in [0.25, 0.3) is 0 Å². The minimum absolute atomic E-state index is 0.176. The third-order valence-electron chi connectivity index (χ3n) is 4.98. The Balaban J connectivity index is 1.98. The topological polar surface area (TPSA) is 23.8 Å². The van der Waals surface area contributed by atoms with Crippen molar-refractivity contribution in [2.45, 2.75) is 38.5 Å². The zero-order valence-corrected chi connectivity index (χ0v) is 10.7. The smallest absolute Gasteiger partial charge is 0.128 e. The molecule has 1 aromatic rings. The number of nitriles is 1. The summed E-state index contributed by atoms with van der Waals surface area (Å²) in [7, 11) is 0. The van der Waals surface area contributed by atoms with E-state index < -0.39 is 0 Å². The van der Waals surface area contributed by atoms with E-state index in [1.807, 2.05) is 12.1 Å². The van der Waals surface area contributed by atoms with Crippen molar-refractivity contribution in [2.24, 2.45) is 17.8 Å². The van der Waals surface area contributed by atoms with Crippen LogP contribution < -0.4 is 0 Å². The maximum atomic E-state index is 14.2. The van der Waals surface area contributed by atoms with Crippen molar-refractivity contribution in [3.63, 3.8) is 0 Å². The molecule has 2 bridgehead atoms. The third kappa shape index (κ3) is 1.73. The summed E-state index contributed by atoms with van der Waals surface area (Å²) in [5, 5.41) is 8.80. The van der Waals surface area contributed by atoms with Crippen molar-refractivity contribution in [2.75, 3.05) is 0 Å². The van der Waals surface area contributed by atoms with Gasteiger partial charge >= 0.3 is 0 Å². The van der Waals surface area contributed by atoms with Gasteiger partial charge in [0.05, 0.1) is 11.6 Å². The highest BCUT2D eigenvalue weighted by molar-refractivity contribution is 5.35. The Bertz CT molecular complexity index is 502. The maximum Gasteiger partial charge on any atom is 0.128 e. The minimum atomic E-state index is -0.176. The molecule has 1 nitrogen and oxygen atoms in total. The van der Waals surface area contributed by atoms with Crippen LogP contribution >= 0.6 is 0 Å². The van der Waals surface area contributed by atoms with Crippen molar-refractivity contribution >= 4 is 0 Å². The van der Waals surface area contributed by atoms with Crippen molar-refractivity contribution in [3.8, 4) is 6.07 Å². The van der Waals surface area contributed by atoms with Crippen molar-refractivity contribution in [1.82, 2.24) is 0 Å². The fraction of sp³-hybridized carbons (Fsp3) is 0.562. The first-order chi connectivity index (χ1) is 8.70. The molecule has 0 spiro atoms. The summed E-state index contributed by atoms with van der Waals surface area (Å²) in [5.74, 6) is 2.23. The highest BCUT2D eigenvalue weighted by Crippen LogP contribution is 2.55. The van der Waals surface area contributed by atoms with Gasteiger partial charge in [-0.1, -0.05) is 19.4 Å². The van der Waals surface area contributed by atoms with Crippen LogP contribution in [-0.4, -0.2) is 0 Å². The lowest BCUT2D eigenvalue weighted by Gasteiger charge is -2.31. The lowest BCUT2D eigenvalue weighted by Crippen LogP contribution is -2.20. The molecule has 0 aromatic heterocycles. The SMILES string of the molecule is CC1CC2CCCC1C2c1ccc(C#N)cc1F. The molecular weight excluding hydrogens is 225 g/mol. The second-order valence-electron chi connectivity index (χ2n) is 5.94. The average molecular weight is 243 g/mol. The molecule has 94 valence electrons. The number of halogens is 1. The van der Waals surface area contributed by atoms with Gasteiger partial charge in [-0.3, -0.25) is 0 Å². The Morgan fingerprint density at radius 2 is 2.17 bits per heavy atom.